The smallest absolute Gasteiger partial charge is 0.304 e. The standard InChI is InChI=1S/C13H16N2O6S2/c1-21-11-8-9(15(19)20)2-3-10(11)13(18)14-5-7-23-22-6-4-12(16)17/h2-3,8H,4-7H2,1H3,(H,14,18)(H,16,17). The average Bonchev–Trinajstić information content (AvgIpc) is 2.52. The van der Waals surface area contributed by atoms with Crippen LogP contribution >= 0.6 is 21.6 Å². The van der Waals surface area contributed by atoms with Gasteiger partial charge in [-0.05, 0) is 6.07 Å². The highest BCUT2D eigenvalue weighted by Crippen LogP contribution is 2.25. The van der Waals surface area contributed by atoms with Gasteiger partial charge in [0.15, 0.2) is 0 Å². The maximum Gasteiger partial charge on any atom is 0.304 e. The second kappa shape index (κ2) is 9.95. The fourth-order valence-corrected chi connectivity index (χ4v) is 3.42. The van der Waals surface area contributed by atoms with Crippen molar-refractivity contribution in [3.63, 3.8) is 0 Å². The molecule has 0 radical (unpaired) electrons. The van der Waals surface area contributed by atoms with E-state index in [4.69, 9.17) is 9.84 Å². The third-order valence-corrected chi connectivity index (χ3v) is 5.00. The predicted octanol–water partition coefficient (Wildman–Crippen LogP) is 2.19. The van der Waals surface area contributed by atoms with Crippen molar-refractivity contribution in [2.45, 2.75) is 6.42 Å². The van der Waals surface area contributed by atoms with Gasteiger partial charge in [-0.15, -0.1) is 0 Å². The van der Waals surface area contributed by atoms with Crippen LogP contribution in [0.25, 0.3) is 0 Å². The summed E-state index contributed by atoms with van der Waals surface area (Å²) < 4.78 is 5.01. The molecule has 10 heteroatoms. The Morgan fingerprint density at radius 1 is 1.35 bits per heavy atom. The number of carbonyl (C=O) groups is 2. The maximum atomic E-state index is 12.0. The van der Waals surface area contributed by atoms with Crippen LogP contribution in [0.15, 0.2) is 18.2 Å². The molecule has 8 nitrogen and oxygen atoms in total. The Labute approximate surface area is 140 Å². The topological polar surface area (TPSA) is 119 Å². The highest BCUT2D eigenvalue weighted by Gasteiger charge is 2.16. The van der Waals surface area contributed by atoms with Gasteiger partial charge in [0.1, 0.15) is 5.75 Å². The summed E-state index contributed by atoms with van der Waals surface area (Å²) in [5.41, 5.74) is 0.0745. The first-order chi connectivity index (χ1) is 11.0. The van der Waals surface area contributed by atoms with E-state index in [0.717, 1.165) is 0 Å². The normalized spacial score (nSPS) is 10.1. The molecular formula is C13H16N2O6S2. The molecule has 0 saturated heterocycles. The minimum atomic E-state index is -0.836. The Balaban J connectivity index is 2.43. The zero-order valence-electron chi connectivity index (χ0n) is 12.3. The number of carboxylic acids is 1. The number of nitrogens with zero attached hydrogens (tertiary/aromatic N) is 1. The molecule has 0 spiro atoms. The summed E-state index contributed by atoms with van der Waals surface area (Å²) >= 11 is 0. The molecule has 1 rings (SSSR count). The zero-order valence-corrected chi connectivity index (χ0v) is 13.9. The molecule has 0 aliphatic rings. The summed E-state index contributed by atoms with van der Waals surface area (Å²) in [5.74, 6) is 0.0415. The molecule has 0 fully saturated rings. The van der Waals surface area contributed by atoms with Crippen molar-refractivity contribution < 1.29 is 24.4 Å². The lowest BCUT2D eigenvalue weighted by atomic mass is 10.1. The van der Waals surface area contributed by atoms with E-state index in [9.17, 15) is 19.7 Å². The first kappa shape index (κ1) is 19.1. The van der Waals surface area contributed by atoms with Gasteiger partial charge in [-0.3, -0.25) is 19.7 Å². The number of hydrogen-bond donors (Lipinski definition) is 2. The number of amides is 1. The highest BCUT2D eigenvalue weighted by atomic mass is 33.1. The Hall–Kier alpha value is -1.94. The van der Waals surface area contributed by atoms with E-state index in [1.54, 1.807) is 0 Å². The molecule has 1 aromatic carbocycles. The quantitative estimate of drug-likeness (QED) is 0.282. The van der Waals surface area contributed by atoms with Crippen LogP contribution in [-0.4, -0.2) is 47.1 Å². The molecule has 0 aromatic heterocycles. The number of benzene rings is 1. The number of non-ortho nitro benzene ring substituents is 1. The van der Waals surface area contributed by atoms with E-state index in [1.807, 2.05) is 0 Å². The van der Waals surface area contributed by atoms with E-state index in [-0.39, 0.29) is 29.3 Å². The first-order valence-electron chi connectivity index (χ1n) is 6.52. The van der Waals surface area contributed by atoms with Gasteiger partial charge >= 0.3 is 5.97 Å². The molecule has 0 heterocycles. The third kappa shape index (κ3) is 6.78. The van der Waals surface area contributed by atoms with Gasteiger partial charge < -0.3 is 15.2 Å². The van der Waals surface area contributed by atoms with Gasteiger partial charge in [-0.1, -0.05) is 21.6 Å². The molecule has 0 bridgehead atoms. The van der Waals surface area contributed by atoms with E-state index in [1.165, 1.54) is 46.9 Å². The van der Waals surface area contributed by atoms with Crippen LogP contribution in [0.5, 0.6) is 5.75 Å². The van der Waals surface area contributed by atoms with Crippen molar-refractivity contribution in [3.05, 3.63) is 33.9 Å². The van der Waals surface area contributed by atoms with Crippen molar-refractivity contribution in [3.8, 4) is 5.75 Å². The lowest BCUT2D eigenvalue weighted by Gasteiger charge is -2.09. The first-order valence-corrected chi connectivity index (χ1v) is 9.01. The monoisotopic (exact) mass is 360 g/mol. The Kier molecular flexibility index (Phi) is 8.27. The summed E-state index contributed by atoms with van der Waals surface area (Å²) in [6, 6.07) is 3.79. The van der Waals surface area contributed by atoms with Crippen molar-refractivity contribution >= 4 is 39.2 Å². The van der Waals surface area contributed by atoms with Gasteiger partial charge in [0.25, 0.3) is 11.6 Å². The lowest BCUT2D eigenvalue weighted by molar-refractivity contribution is -0.384. The second-order valence-corrected chi connectivity index (χ2v) is 6.89. The molecule has 23 heavy (non-hydrogen) atoms. The van der Waals surface area contributed by atoms with Crippen LogP contribution in [0, 0.1) is 10.1 Å². The molecule has 0 aliphatic heterocycles. The number of carbonyl (C=O) groups excluding carboxylic acids is 1. The zero-order chi connectivity index (χ0) is 17.2. The number of hydrogen-bond acceptors (Lipinski definition) is 7. The van der Waals surface area contributed by atoms with Gasteiger partial charge in [-0.2, -0.15) is 0 Å². The average molecular weight is 360 g/mol. The number of nitro benzene ring substituents is 1. The van der Waals surface area contributed by atoms with Crippen molar-refractivity contribution in [1.82, 2.24) is 5.32 Å². The summed E-state index contributed by atoms with van der Waals surface area (Å²) in [6.45, 7) is 0.393. The minimum absolute atomic E-state index is 0.101. The number of carboxylic acid groups (broad SMARTS) is 1. The molecule has 126 valence electrons. The summed E-state index contributed by atoms with van der Waals surface area (Å²) in [4.78, 5) is 32.5. The lowest BCUT2D eigenvalue weighted by Crippen LogP contribution is -2.26. The number of methoxy groups -OCH3 is 1. The fraction of sp³-hybridized carbons (Fsp3) is 0.385. The molecule has 1 aromatic rings. The van der Waals surface area contributed by atoms with Gasteiger partial charge in [0, 0.05) is 24.1 Å². The maximum absolute atomic E-state index is 12.0. The second-order valence-electron chi connectivity index (χ2n) is 4.19. The minimum Gasteiger partial charge on any atom is -0.496 e. The molecule has 0 saturated carbocycles. The predicted molar refractivity (Wildman–Crippen MR) is 89.2 cm³/mol. The largest absolute Gasteiger partial charge is 0.496 e. The number of rotatable bonds is 10. The number of nitro groups is 1. The van der Waals surface area contributed by atoms with Crippen LogP contribution in [0.3, 0.4) is 0 Å². The molecule has 0 aliphatic carbocycles. The van der Waals surface area contributed by atoms with E-state index >= 15 is 0 Å². The van der Waals surface area contributed by atoms with Crippen LogP contribution in [0.4, 0.5) is 5.69 Å². The molecule has 0 atom stereocenters. The van der Waals surface area contributed by atoms with Crippen LogP contribution < -0.4 is 10.1 Å². The Morgan fingerprint density at radius 3 is 2.65 bits per heavy atom. The molecule has 0 unspecified atom stereocenters. The Bertz CT molecular complexity index is 582. The summed E-state index contributed by atoms with van der Waals surface area (Å²) in [7, 11) is 4.23. The third-order valence-electron chi connectivity index (χ3n) is 2.59. The number of nitrogens with one attached hydrogen (secondary N) is 1. The van der Waals surface area contributed by atoms with Gasteiger partial charge in [0.05, 0.1) is 30.1 Å². The Morgan fingerprint density at radius 2 is 2.04 bits per heavy atom. The van der Waals surface area contributed by atoms with Crippen molar-refractivity contribution in [2.24, 2.45) is 0 Å². The van der Waals surface area contributed by atoms with E-state index in [0.29, 0.717) is 18.1 Å². The molecular weight excluding hydrogens is 344 g/mol. The van der Waals surface area contributed by atoms with E-state index in [2.05, 4.69) is 5.32 Å². The van der Waals surface area contributed by atoms with Crippen LogP contribution in [0.2, 0.25) is 0 Å². The molecule has 2 N–H and O–H groups in total. The van der Waals surface area contributed by atoms with Gasteiger partial charge in [-0.25, -0.2) is 0 Å². The summed E-state index contributed by atoms with van der Waals surface area (Å²) in [6.07, 6.45) is 0.101. The summed E-state index contributed by atoms with van der Waals surface area (Å²) in [5, 5.41) is 21.9. The van der Waals surface area contributed by atoms with Crippen molar-refractivity contribution in [1.29, 1.82) is 0 Å². The van der Waals surface area contributed by atoms with Gasteiger partial charge in [0.2, 0.25) is 0 Å². The van der Waals surface area contributed by atoms with Crippen LogP contribution in [0.1, 0.15) is 16.8 Å². The van der Waals surface area contributed by atoms with Crippen LogP contribution in [-0.2, 0) is 4.79 Å². The van der Waals surface area contributed by atoms with Crippen molar-refractivity contribution in [2.75, 3.05) is 25.2 Å². The van der Waals surface area contributed by atoms with E-state index < -0.39 is 10.9 Å². The highest BCUT2D eigenvalue weighted by molar-refractivity contribution is 8.76. The number of aliphatic carboxylic acids is 1. The molecule has 1 amide bonds. The number of ether oxygens (including phenoxy) is 1. The fourth-order valence-electron chi connectivity index (χ4n) is 1.53. The SMILES string of the molecule is COc1cc([N+](=O)[O-])ccc1C(=O)NCCSSCCC(=O)O.